The molecule has 136 valence electrons. The van der Waals surface area contributed by atoms with Gasteiger partial charge in [0.25, 0.3) is 5.91 Å². The van der Waals surface area contributed by atoms with Crippen molar-refractivity contribution in [3.8, 4) is 5.75 Å². The van der Waals surface area contributed by atoms with Crippen molar-refractivity contribution in [1.82, 2.24) is 5.32 Å². The molecule has 6 heteroatoms. The average Bonchev–Trinajstić information content (AvgIpc) is 2.66. The van der Waals surface area contributed by atoms with Crippen LogP contribution in [0.15, 0.2) is 42.5 Å². The largest absolute Gasteiger partial charge is 0.495 e. The molecular weight excluding hydrogens is 332 g/mol. The molecule has 2 aromatic rings. The summed E-state index contributed by atoms with van der Waals surface area (Å²) in [5.74, 6) is -0.243. The maximum Gasteiger partial charge on any atom is 0.251 e. The normalized spacial score (nSPS) is 10.1. The van der Waals surface area contributed by atoms with Crippen molar-refractivity contribution < 1.29 is 19.1 Å². The summed E-state index contributed by atoms with van der Waals surface area (Å²) in [6.45, 7) is 1.95. The number of ketones is 1. The Bertz CT molecular complexity index is 813. The lowest BCUT2D eigenvalue weighted by molar-refractivity contribution is -0.116. The molecule has 0 unspecified atom stereocenters. The van der Waals surface area contributed by atoms with E-state index in [1.54, 1.807) is 30.3 Å². The van der Waals surface area contributed by atoms with E-state index in [1.807, 2.05) is 19.1 Å². The Morgan fingerprint density at radius 1 is 0.962 bits per heavy atom. The quantitative estimate of drug-likeness (QED) is 0.749. The van der Waals surface area contributed by atoms with Gasteiger partial charge in [0.2, 0.25) is 5.91 Å². The molecule has 2 N–H and O–H groups in total. The molecule has 0 saturated carbocycles. The number of Topliss-reactive ketones (excluding diaryl/α,β-unsaturated/α-hetero) is 1. The molecule has 0 aliphatic rings. The molecule has 2 amide bonds. The first-order chi connectivity index (χ1) is 12.4. The van der Waals surface area contributed by atoms with Crippen molar-refractivity contribution >= 4 is 23.3 Å². The zero-order valence-corrected chi connectivity index (χ0v) is 15.1. The third-order valence-electron chi connectivity index (χ3n) is 3.92. The van der Waals surface area contributed by atoms with E-state index in [2.05, 4.69) is 10.6 Å². The van der Waals surface area contributed by atoms with Gasteiger partial charge in [-0.15, -0.1) is 0 Å². The lowest BCUT2D eigenvalue weighted by atomic mass is 10.0. The predicted octanol–water partition coefficient (Wildman–Crippen LogP) is 2.96. The van der Waals surface area contributed by atoms with Gasteiger partial charge in [-0.3, -0.25) is 14.4 Å². The van der Waals surface area contributed by atoms with Gasteiger partial charge in [0.15, 0.2) is 5.78 Å². The van der Waals surface area contributed by atoms with Crippen LogP contribution >= 0.6 is 0 Å². The standard InChI is InChI=1S/C20H22N2O4/c1-13-4-6-14(7-5-13)17(23)10-11-19(24)22-16-9-8-15(20(25)21-2)12-18(16)26-3/h4-9,12H,10-11H2,1-3H3,(H,21,25)(H,22,24). The van der Waals surface area contributed by atoms with Crippen molar-refractivity contribution in [3.05, 3.63) is 59.2 Å². The molecule has 0 aliphatic heterocycles. The number of rotatable bonds is 7. The molecule has 0 radical (unpaired) electrons. The summed E-state index contributed by atoms with van der Waals surface area (Å²) < 4.78 is 5.23. The number of nitrogens with one attached hydrogen (secondary N) is 2. The molecule has 0 aromatic heterocycles. The highest BCUT2D eigenvalue weighted by Gasteiger charge is 2.13. The molecule has 0 heterocycles. The van der Waals surface area contributed by atoms with Gasteiger partial charge in [-0.2, -0.15) is 0 Å². The molecular formula is C20H22N2O4. The summed E-state index contributed by atoms with van der Waals surface area (Å²) in [5.41, 5.74) is 2.55. The van der Waals surface area contributed by atoms with Crippen LogP contribution in [-0.2, 0) is 4.79 Å². The maximum atomic E-state index is 12.1. The second kappa shape index (κ2) is 8.80. The summed E-state index contributed by atoms with van der Waals surface area (Å²) in [7, 11) is 3.00. The van der Waals surface area contributed by atoms with Gasteiger partial charge in [0.05, 0.1) is 12.8 Å². The van der Waals surface area contributed by atoms with Crippen LogP contribution in [0.4, 0.5) is 5.69 Å². The summed E-state index contributed by atoms with van der Waals surface area (Å²) in [6, 6.07) is 12.0. The number of aryl methyl sites for hydroxylation is 1. The molecule has 2 aromatic carbocycles. The van der Waals surface area contributed by atoms with Crippen LogP contribution in [0.1, 0.15) is 39.1 Å². The third kappa shape index (κ3) is 4.92. The van der Waals surface area contributed by atoms with E-state index in [1.165, 1.54) is 14.2 Å². The van der Waals surface area contributed by atoms with Crippen LogP contribution < -0.4 is 15.4 Å². The van der Waals surface area contributed by atoms with Gasteiger partial charge in [0.1, 0.15) is 5.75 Å². The Morgan fingerprint density at radius 2 is 1.62 bits per heavy atom. The summed E-state index contributed by atoms with van der Waals surface area (Å²) in [4.78, 5) is 35.9. The van der Waals surface area contributed by atoms with Gasteiger partial charge in [-0.25, -0.2) is 0 Å². The van der Waals surface area contributed by atoms with Crippen molar-refractivity contribution in [3.63, 3.8) is 0 Å². The number of anilines is 1. The summed E-state index contributed by atoms with van der Waals surface area (Å²) in [6.07, 6.45) is 0.181. The van der Waals surface area contributed by atoms with Crippen LogP contribution in [0.3, 0.4) is 0 Å². The van der Waals surface area contributed by atoms with Gasteiger partial charge >= 0.3 is 0 Å². The van der Waals surface area contributed by atoms with Crippen molar-refractivity contribution in [1.29, 1.82) is 0 Å². The van der Waals surface area contributed by atoms with Crippen molar-refractivity contribution in [2.45, 2.75) is 19.8 Å². The summed E-state index contributed by atoms with van der Waals surface area (Å²) in [5, 5.41) is 5.24. The van der Waals surface area contributed by atoms with Crippen LogP contribution in [-0.4, -0.2) is 31.8 Å². The Kier molecular flexibility index (Phi) is 6.49. The Balaban J connectivity index is 1.97. The molecule has 0 spiro atoms. The number of ether oxygens (including phenoxy) is 1. The fourth-order valence-corrected chi connectivity index (χ4v) is 2.40. The topological polar surface area (TPSA) is 84.5 Å². The highest BCUT2D eigenvalue weighted by Crippen LogP contribution is 2.26. The van der Waals surface area contributed by atoms with E-state index in [9.17, 15) is 14.4 Å². The van der Waals surface area contributed by atoms with Gasteiger partial charge < -0.3 is 15.4 Å². The van der Waals surface area contributed by atoms with Crippen LogP contribution in [0.25, 0.3) is 0 Å². The van der Waals surface area contributed by atoms with Crippen LogP contribution in [0.2, 0.25) is 0 Å². The van der Waals surface area contributed by atoms with Gasteiger partial charge in [-0.1, -0.05) is 29.8 Å². The predicted molar refractivity (Wildman–Crippen MR) is 99.8 cm³/mol. The van der Waals surface area contributed by atoms with E-state index in [0.717, 1.165) is 5.56 Å². The minimum atomic E-state index is -0.295. The number of amides is 2. The first kappa shape index (κ1) is 19.2. The first-order valence-electron chi connectivity index (χ1n) is 8.24. The van der Waals surface area contributed by atoms with Crippen molar-refractivity contribution in [2.24, 2.45) is 0 Å². The monoisotopic (exact) mass is 354 g/mol. The molecule has 0 saturated heterocycles. The van der Waals surface area contributed by atoms with Gasteiger partial charge in [-0.05, 0) is 25.1 Å². The molecule has 0 bridgehead atoms. The fraction of sp³-hybridized carbons (Fsp3) is 0.250. The number of carbonyl (C=O) groups excluding carboxylic acids is 3. The number of methoxy groups -OCH3 is 1. The smallest absolute Gasteiger partial charge is 0.251 e. The zero-order chi connectivity index (χ0) is 19.1. The van der Waals surface area contributed by atoms with E-state index in [-0.39, 0.29) is 30.4 Å². The first-order valence-corrected chi connectivity index (χ1v) is 8.24. The number of hydrogen-bond donors (Lipinski definition) is 2. The van der Waals surface area contributed by atoms with E-state index >= 15 is 0 Å². The minimum absolute atomic E-state index is 0.0626. The molecule has 2 rings (SSSR count). The Morgan fingerprint density at radius 3 is 2.23 bits per heavy atom. The van der Waals surface area contributed by atoms with Crippen LogP contribution in [0.5, 0.6) is 5.75 Å². The average molecular weight is 354 g/mol. The SMILES string of the molecule is CNC(=O)c1ccc(NC(=O)CCC(=O)c2ccc(C)cc2)c(OC)c1. The van der Waals surface area contributed by atoms with Crippen molar-refractivity contribution in [2.75, 3.05) is 19.5 Å². The third-order valence-corrected chi connectivity index (χ3v) is 3.92. The highest BCUT2D eigenvalue weighted by atomic mass is 16.5. The highest BCUT2D eigenvalue weighted by molar-refractivity contribution is 6.01. The number of benzene rings is 2. The summed E-state index contributed by atoms with van der Waals surface area (Å²) >= 11 is 0. The Hall–Kier alpha value is -3.15. The van der Waals surface area contributed by atoms with E-state index in [0.29, 0.717) is 22.6 Å². The lowest BCUT2D eigenvalue weighted by Gasteiger charge is -2.11. The van der Waals surface area contributed by atoms with E-state index < -0.39 is 0 Å². The lowest BCUT2D eigenvalue weighted by Crippen LogP contribution is -2.18. The molecule has 0 atom stereocenters. The minimum Gasteiger partial charge on any atom is -0.495 e. The maximum absolute atomic E-state index is 12.1. The Labute approximate surface area is 152 Å². The molecule has 26 heavy (non-hydrogen) atoms. The second-order valence-electron chi connectivity index (χ2n) is 5.83. The number of hydrogen-bond acceptors (Lipinski definition) is 4. The second-order valence-corrected chi connectivity index (χ2v) is 5.83. The fourth-order valence-electron chi connectivity index (χ4n) is 2.40. The molecule has 0 aliphatic carbocycles. The number of carbonyl (C=O) groups is 3. The van der Waals surface area contributed by atoms with E-state index in [4.69, 9.17) is 4.74 Å². The van der Waals surface area contributed by atoms with Gasteiger partial charge in [0, 0.05) is 31.0 Å². The van der Waals surface area contributed by atoms with Crippen LogP contribution in [0, 0.1) is 6.92 Å². The zero-order valence-electron chi connectivity index (χ0n) is 15.1. The molecule has 6 nitrogen and oxygen atoms in total. The molecule has 0 fully saturated rings.